The predicted octanol–water partition coefficient (Wildman–Crippen LogP) is 0.966. The van der Waals surface area contributed by atoms with Gasteiger partial charge in [0.25, 0.3) is 0 Å². The van der Waals surface area contributed by atoms with E-state index < -0.39 is 6.10 Å². The molecule has 0 saturated carbocycles. The van der Waals surface area contributed by atoms with Crippen molar-refractivity contribution in [2.75, 3.05) is 33.7 Å². The van der Waals surface area contributed by atoms with Crippen LogP contribution < -0.4 is 0 Å². The summed E-state index contributed by atoms with van der Waals surface area (Å²) in [5.41, 5.74) is 1.01. The topological polar surface area (TPSA) is 26.7 Å². The van der Waals surface area contributed by atoms with Crippen LogP contribution >= 0.6 is 0 Å². The predicted molar refractivity (Wildman–Crippen MR) is 65.3 cm³/mol. The number of likely N-dealkylation sites (N-methyl/N-ethyl adjacent to an activating group) is 2. The van der Waals surface area contributed by atoms with E-state index in [0.717, 1.165) is 25.2 Å². The van der Waals surface area contributed by atoms with Gasteiger partial charge in [0, 0.05) is 19.6 Å². The third kappa shape index (κ3) is 2.43. The summed E-state index contributed by atoms with van der Waals surface area (Å²) in [7, 11) is 4.20. The van der Waals surface area contributed by atoms with Gasteiger partial charge in [0.1, 0.15) is 0 Å². The van der Waals surface area contributed by atoms with Crippen LogP contribution in [-0.2, 0) is 0 Å². The lowest BCUT2D eigenvalue weighted by Gasteiger charge is -2.40. The number of aliphatic hydroxyl groups excluding tert-OH is 1. The molecule has 0 radical (unpaired) electrons. The first-order valence-corrected chi connectivity index (χ1v) is 5.80. The van der Waals surface area contributed by atoms with E-state index in [2.05, 4.69) is 23.9 Å². The van der Waals surface area contributed by atoms with Gasteiger partial charge in [0.15, 0.2) is 0 Å². The minimum Gasteiger partial charge on any atom is -0.387 e. The van der Waals surface area contributed by atoms with Crippen molar-refractivity contribution in [2.24, 2.45) is 0 Å². The molecule has 3 heteroatoms. The lowest BCUT2D eigenvalue weighted by Crippen LogP contribution is -2.52. The van der Waals surface area contributed by atoms with Crippen LogP contribution in [0.1, 0.15) is 11.7 Å². The molecule has 0 amide bonds. The Morgan fingerprint density at radius 2 is 1.88 bits per heavy atom. The van der Waals surface area contributed by atoms with Gasteiger partial charge in [-0.2, -0.15) is 0 Å². The molecule has 2 atom stereocenters. The van der Waals surface area contributed by atoms with Crippen LogP contribution in [0.2, 0.25) is 0 Å². The highest BCUT2D eigenvalue weighted by Crippen LogP contribution is 2.22. The minimum atomic E-state index is -0.394. The van der Waals surface area contributed by atoms with Crippen molar-refractivity contribution >= 4 is 0 Å². The summed E-state index contributed by atoms with van der Waals surface area (Å²) < 4.78 is 0. The maximum atomic E-state index is 10.4. The average molecular weight is 220 g/mol. The Hall–Kier alpha value is -0.900. The number of aliphatic hydroxyl groups is 1. The Balaban J connectivity index is 2.11. The second-order valence-corrected chi connectivity index (χ2v) is 4.67. The Kier molecular flexibility index (Phi) is 3.59. The molecule has 1 aliphatic heterocycles. The summed E-state index contributed by atoms with van der Waals surface area (Å²) in [6.07, 6.45) is -0.394. The zero-order valence-corrected chi connectivity index (χ0v) is 10.0. The van der Waals surface area contributed by atoms with Crippen LogP contribution in [0.5, 0.6) is 0 Å². The van der Waals surface area contributed by atoms with Crippen LogP contribution in [-0.4, -0.2) is 54.7 Å². The number of hydrogen-bond donors (Lipinski definition) is 1. The third-order valence-electron chi connectivity index (χ3n) is 3.40. The zero-order chi connectivity index (χ0) is 11.5. The fourth-order valence-electron chi connectivity index (χ4n) is 2.26. The van der Waals surface area contributed by atoms with E-state index in [4.69, 9.17) is 0 Å². The summed E-state index contributed by atoms with van der Waals surface area (Å²) in [6.45, 7) is 3.02. The summed E-state index contributed by atoms with van der Waals surface area (Å²) in [5, 5.41) is 10.4. The number of hydrogen-bond acceptors (Lipinski definition) is 3. The zero-order valence-electron chi connectivity index (χ0n) is 10.0. The van der Waals surface area contributed by atoms with E-state index in [-0.39, 0.29) is 6.04 Å². The molecular weight excluding hydrogens is 200 g/mol. The molecule has 1 saturated heterocycles. The molecule has 3 nitrogen and oxygen atoms in total. The maximum absolute atomic E-state index is 10.4. The van der Waals surface area contributed by atoms with Crippen molar-refractivity contribution in [1.29, 1.82) is 0 Å². The Bertz CT molecular complexity index is 328. The van der Waals surface area contributed by atoms with Gasteiger partial charge in [0.05, 0.1) is 12.1 Å². The number of nitrogens with zero attached hydrogens (tertiary/aromatic N) is 2. The van der Waals surface area contributed by atoms with Crippen molar-refractivity contribution in [3.8, 4) is 0 Å². The first-order chi connectivity index (χ1) is 7.68. The molecule has 1 aromatic carbocycles. The van der Waals surface area contributed by atoms with Crippen LogP contribution in [0.25, 0.3) is 0 Å². The second kappa shape index (κ2) is 4.95. The fourth-order valence-corrected chi connectivity index (χ4v) is 2.26. The Labute approximate surface area is 97.3 Å². The van der Waals surface area contributed by atoms with Crippen molar-refractivity contribution in [3.05, 3.63) is 35.9 Å². The molecule has 0 spiro atoms. The first kappa shape index (κ1) is 11.6. The molecule has 1 aliphatic rings. The van der Waals surface area contributed by atoms with E-state index >= 15 is 0 Å². The summed E-state index contributed by atoms with van der Waals surface area (Å²) >= 11 is 0. The highest BCUT2D eigenvalue weighted by molar-refractivity contribution is 5.19. The van der Waals surface area contributed by atoms with Crippen LogP contribution in [0, 0.1) is 0 Å². The Morgan fingerprint density at radius 1 is 1.19 bits per heavy atom. The van der Waals surface area contributed by atoms with E-state index in [1.54, 1.807) is 0 Å². The fraction of sp³-hybridized carbons (Fsp3) is 0.538. The van der Waals surface area contributed by atoms with E-state index in [9.17, 15) is 5.11 Å². The van der Waals surface area contributed by atoms with Gasteiger partial charge in [-0.05, 0) is 19.7 Å². The van der Waals surface area contributed by atoms with Gasteiger partial charge < -0.3 is 10.0 Å². The van der Waals surface area contributed by atoms with Crippen molar-refractivity contribution in [1.82, 2.24) is 9.80 Å². The molecule has 1 fully saturated rings. The number of rotatable bonds is 2. The smallest absolute Gasteiger partial charge is 0.0957 e. The quantitative estimate of drug-likeness (QED) is 0.804. The van der Waals surface area contributed by atoms with E-state index in [1.807, 2.05) is 30.3 Å². The maximum Gasteiger partial charge on any atom is 0.0957 e. The molecule has 1 aromatic rings. The van der Waals surface area contributed by atoms with Crippen molar-refractivity contribution in [2.45, 2.75) is 12.1 Å². The van der Waals surface area contributed by atoms with Gasteiger partial charge in [-0.3, -0.25) is 4.90 Å². The molecule has 0 bridgehead atoms. The first-order valence-electron chi connectivity index (χ1n) is 5.80. The highest BCUT2D eigenvalue weighted by atomic mass is 16.3. The van der Waals surface area contributed by atoms with Gasteiger partial charge in [0.2, 0.25) is 0 Å². The molecule has 2 unspecified atom stereocenters. The normalized spacial score (nSPS) is 25.6. The monoisotopic (exact) mass is 220 g/mol. The molecule has 1 N–H and O–H groups in total. The lowest BCUT2D eigenvalue weighted by molar-refractivity contribution is 0.0138. The summed E-state index contributed by atoms with van der Waals surface area (Å²) in [5.74, 6) is 0. The van der Waals surface area contributed by atoms with Gasteiger partial charge in [-0.25, -0.2) is 0 Å². The summed E-state index contributed by atoms with van der Waals surface area (Å²) in [4.78, 5) is 4.52. The highest BCUT2D eigenvalue weighted by Gasteiger charge is 2.29. The standard InChI is InChI=1S/C13H20N2O/c1-14-8-9-15(2)12(10-14)13(16)11-6-4-3-5-7-11/h3-7,12-13,16H,8-10H2,1-2H3. The molecule has 0 aliphatic carbocycles. The molecular formula is C13H20N2O. The third-order valence-corrected chi connectivity index (χ3v) is 3.40. The van der Waals surface area contributed by atoms with Crippen LogP contribution in [0.15, 0.2) is 30.3 Å². The van der Waals surface area contributed by atoms with Gasteiger partial charge in [-0.15, -0.1) is 0 Å². The van der Waals surface area contributed by atoms with E-state index in [0.29, 0.717) is 0 Å². The molecule has 2 rings (SSSR count). The van der Waals surface area contributed by atoms with Crippen LogP contribution in [0.4, 0.5) is 0 Å². The largest absolute Gasteiger partial charge is 0.387 e. The van der Waals surface area contributed by atoms with Crippen LogP contribution in [0.3, 0.4) is 0 Å². The molecule has 0 aromatic heterocycles. The minimum absolute atomic E-state index is 0.196. The molecule has 1 heterocycles. The van der Waals surface area contributed by atoms with Crippen molar-refractivity contribution < 1.29 is 5.11 Å². The van der Waals surface area contributed by atoms with E-state index in [1.165, 1.54) is 0 Å². The number of piperazine rings is 1. The lowest BCUT2D eigenvalue weighted by atomic mass is 9.99. The van der Waals surface area contributed by atoms with Crippen molar-refractivity contribution in [3.63, 3.8) is 0 Å². The molecule has 88 valence electrons. The van der Waals surface area contributed by atoms with Gasteiger partial charge >= 0.3 is 0 Å². The second-order valence-electron chi connectivity index (χ2n) is 4.67. The SMILES string of the molecule is CN1CCN(C)C(C(O)c2ccccc2)C1. The summed E-state index contributed by atoms with van der Waals surface area (Å²) in [6, 6.07) is 10.1. The van der Waals surface area contributed by atoms with Gasteiger partial charge in [-0.1, -0.05) is 30.3 Å². The number of benzene rings is 1. The average Bonchev–Trinajstić information content (AvgIpc) is 2.32. The Morgan fingerprint density at radius 3 is 2.56 bits per heavy atom. The molecule has 16 heavy (non-hydrogen) atoms.